The minimum absolute atomic E-state index is 0.0818. The zero-order valence-electron chi connectivity index (χ0n) is 11.7. The van der Waals surface area contributed by atoms with Crippen LogP contribution in [0.15, 0.2) is 45.5 Å². The van der Waals surface area contributed by atoms with Gasteiger partial charge < -0.3 is 14.1 Å². The van der Waals surface area contributed by atoms with Gasteiger partial charge in [-0.05, 0) is 40.5 Å². The summed E-state index contributed by atoms with van der Waals surface area (Å²) in [6.07, 6.45) is -0.0818. The molecule has 1 fully saturated rings. The lowest BCUT2D eigenvalue weighted by Gasteiger charge is -2.32. The molecule has 1 aromatic heterocycles. The Morgan fingerprint density at radius 1 is 1.24 bits per heavy atom. The lowest BCUT2D eigenvalue weighted by Crippen LogP contribution is -2.42. The first-order valence-electron chi connectivity index (χ1n) is 6.86. The first-order valence-corrected chi connectivity index (χ1v) is 7.65. The van der Waals surface area contributed by atoms with Crippen molar-refractivity contribution < 1.29 is 13.9 Å². The molecule has 1 aliphatic rings. The smallest absolute Gasteiger partial charge is 0.289 e. The zero-order chi connectivity index (χ0) is 14.8. The molecule has 0 saturated carbocycles. The van der Waals surface area contributed by atoms with Crippen molar-refractivity contribution in [3.63, 3.8) is 0 Å². The van der Waals surface area contributed by atoms with Gasteiger partial charge in [-0.25, -0.2) is 0 Å². The predicted octanol–water partition coefficient (Wildman–Crippen LogP) is 3.56. The van der Waals surface area contributed by atoms with E-state index in [1.807, 2.05) is 0 Å². The molecule has 2 aromatic rings. The molecule has 1 unspecified atom stereocenters. The van der Waals surface area contributed by atoms with Crippen LogP contribution in [0.25, 0.3) is 0 Å². The molecule has 1 aliphatic heterocycles. The van der Waals surface area contributed by atoms with Crippen molar-refractivity contribution in [2.24, 2.45) is 0 Å². The Morgan fingerprint density at radius 3 is 2.67 bits per heavy atom. The number of nitrogens with zero attached hydrogens (tertiary/aromatic N) is 1. The molecule has 3 rings (SSSR count). The number of halogens is 1. The fraction of sp³-hybridized carbons (Fsp3) is 0.312. The van der Waals surface area contributed by atoms with E-state index < -0.39 is 0 Å². The van der Waals surface area contributed by atoms with Crippen molar-refractivity contribution in [2.75, 3.05) is 19.7 Å². The maximum absolute atomic E-state index is 12.4. The minimum Gasteiger partial charge on any atom is -0.444 e. The average molecular weight is 350 g/mol. The molecule has 21 heavy (non-hydrogen) atoms. The highest BCUT2D eigenvalue weighted by atomic mass is 79.9. The summed E-state index contributed by atoms with van der Waals surface area (Å²) in [4.78, 5) is 14.2. The van der Waals surface area contributed by atoms with Gasteiger partial charge in [-0.3, -0.25) is 4.79 Å². The summed E-state index contributed by atoms with van der Waals surface area (Å²) in [7, 11) is 0. The summed E-state index contributed by atoms with van der Waals surface area (Å²) in [5.41, 5.74) is 2.31. The van der Waals surface area contributed by atoms with Crippen LogP contribution in [-0.2, 0) is 4.74 Å². The molecule has 1 saturated heterocycles. The first kappa shape index (κ1) is 14.4. The molecule has 0 aliphatic carbocycles. The van der Waals surface area contributed by atoms with E-state index in [0.29, 0.717) is 30.1 Å². The van der Waals surface area contributed by atoms with Gasteiger partial charge in [0.25, 0.3) is 5.91 Å². The Labute approximate surface area is 131 Å². The Hall–Kier alpha value is -1.59. The van der Waals surface area contributed by atoms with E-state index in [1.54, 1.807) is 17.0 Å². The quantitative estimate of drug-likeness (QED) is 0.832. The number of hydrogen-bond acceptors (Lipinski definition) is 3. The van der Waals surface area contributed by atoms with Gasteiger partial charge in [0.15, 0.2) is 10.4 Å². The van der Waals surface area contributed by atoms with Crippen LogP contribution < -0.4 is 0 Å². The van der Waals surface area contributed by atoms with Crippen molar-refractivity contribution in [2.45, 2.75) is 13.0 Å². The average Bonchev–Trinajstić information content (AvgIpc) is 2.94. The lowest BCUT2D eigenvalue weighted by molar-refractivity contribution is -0.0238. The number of carbonyl (C=O) groups excluding carboxylic acids is 1. The van der Waals surface area contributed by atoms with Crippen LogP contribution in [0.4, 0.5) is 0 Å². The van der Waals surface area contributed by atoms with E-state index in [2.05, 4.69) is 47.1 Å². The van der Waals surface area contributed by atoms with Crippen molar-refractivity contribution in [1.82, 2.24) is 4.90 Å². The highest BCUT2D eigenvalue weighted by molar-refractivity contribution is 9.10. The number of rotatable bonds is 2. The van der Waals surface area contributed by atoms with E-state index in [1.165, 1.54) is 5.56 Å². The van der Waals surface area contributed by atoms with Crippen LogP contribution in [0.2, 0.25) is 0 Å². The normalized spacial score (nSPS) is 18.8. The molecular formula is C16H16BrNO3. The Morgan fingerprint density at radius 2 is 2.00 bits per heavy atom. The van der Waals surface area contributed by atoms with Crippen LogP contribution in [0.5, 0.6) is 0 Å². The largest absolute Gasteiger partial charge is 0.444 e. The molecule has 1 amide bonds. The second-order valence-corrected chi connectivity index (χ2v) is 5.91. The maximum Gasteiger partial charge on any atom is 0.289 e. The molecule has 0 radical (unpaired) electrons. The Bertz CT molecular complexity index is 635. The zero-order valence-corrected chi connectivity index (χ0v) is 13.3. The fourth-order valence-corrected chi connectivity index (χ4v) is 2.71. The first-order chi connectivity index (χ1) is 10.1. The third-order valence-electron chi connectivity index (χ3n) is 3.59. The molecule has 2 heterocycles. The van der Waals surface area contributed by atoms with Gasteiger partial charge >= 0.3 is 0 Å². The fourth-order valence-electron chi connectivity index (χ4n) is 2.40. The lowest BCUT2D eigenvalue weighted by atomic mass is 10.1. The van der Waals surface area contributed by atoms with Crippen molar-refractivity contribution in [3.8, 4) is 0 Å². The van der Waals surface area contributed by atoms with Gasteiger partial charge in [-0.1, -0.05) is 29.8 Å². The summed E-state index contributed by atoms with van der Waals surface area (Å²) in [6.45, 7) is 3.71. The predicted molar refractivity (Wildman–Crippen MR) is 82.2 cm³/mol. The summed E-state index contributed by atoms with van der Waals surface area (Å²) in [5, 5.41) is 0. The van der Waals surface area contributed by atoms with Crippen LogP contribution in [0.3, 0.4) is 0 Å². The topological polar surface area (TPSA) is 42.7 Å². The SMILES string of the molecule is Cc1ccc(C2CN(C(=O)c3ccc(Br)o3)CCO2)cc1. The highest BCUT2D eigenvalue weighted by Crippen LogP contribution is 2.24. The van der Waals surface area contributed by atoms with Gasteiger partial charge in [-0.15, -0.1) is 0 Å². The molecule has 110 valence electrons. The molecule has 0 N–H and O–H groups in total. The summed E-state index contributed by atoms with van der Waals surface area (Å²) in [6, 6.07) is 11.6. The monoisotopic (exact) mass is 349 g/mol. The van der Waals surface area contributed by atoms with Crippen molar-refractivity contribution >= 4 is 21.8 Å². The van der Waals surface area contributed by atoms with Crippen molar-refractivity contribution in [1.29, 1.82) is 0 Å². The number of ether oxygens (including phenoxy) is 1. The molecular weight excluding hydrogens is 334 g/mol. The van der Waals surface area contributed by atoms with Gasteiger partial charge in [0, 0.05) is 6.54 Å². The number of furan rings is 1. The van der Waals surface area contributed by atoms with E-state index in [-0.39, 0.29) is 12.0 Å². The maximum atomic E-state index is 12.4. The van der Waals surface area contributed by atoms with Crippen LogP contribution >= 0.6 is 15.9 Å². The molecule has 5 heteroatoms. The Balaban J connectivity index is 1.73. The second kappa shape index (κ2) is 6.03. The van der Waals surface area contributed by atoms with Gasteiger partial charge in [0.2, 0.25) is 0 Å². The molecule has 1 aromatic carbocycles. The third-order valence-corrected chi connectivity index (χ3v) is 4.01. The molecule has 0 bridgehead atoms. The summed E-state index contributed by atoms with van der Waals surface area (Å²) >= 11 is 3.22. The van der Waals surface area contributed by atoms with Crippen LogP contribution in [-0.4, -0.2) is 30.5 Å². The van der Waals surface area contributed by atoms with Gasteiger partial charge in [0.1, 0.15) is 6.10 Å². The minimum atomic E-state index is -0.0962. The molecule has 4 nitrogen and oxygen atoms in total. The van der Waals surface area contributed by atoms with Crippen LogP contribution in [0.1, 0.15) is 27.8 Å². The summed E-state index contributed by atoms with van der Waals surface area (Å²) in [5.74, 6) is 0.257. The third kappa shape index (κ3) is 3.19. The number of morpholine rings is 1. The molecule has 0 spiro atoms. The van der Waals surface area contributed by atoms with Crippen molar-refractivity contribution in [3.05, 3.63) is 58.0 Å². The highest BCUT2D eigenvalue weighted by Gasteiger charge is 2.27. The molecule has 1 atom stereocenters. The number of aryl methyl sites for hydroxylation is 1. The number of amides is 1. The van der Waals surface area contributed by atoms with E-state index in [4.69, 9.17) is 9.15 Å². The second-order valence-electron chi connectivity index (χ2n) is 5.13. The number of carbonyl (C=O) groups is 1. The van der Waals surface area contributed by atoms with Crippen LogP contribution in [0, 0.1) is 6.92 Å². The number of benzene rings is 1. The van der Waals surface area contributed by atoms with Gasteiger partial charge in [-0.2, -0.15) is 0 Å². The van der Waals surface area contributed by atoms with E-state index in [0.717, 1.165) is 5.56 Å². The van der Waals surface area contributed by atoms with E-state index in [9.17, 15) is 4.79 Å². The standard InChI is InChI=1S/C16H16BrNO3/c1-11-2-4-12(5-3-11)14-10-18(8-9-20-14)16(19)13-6-7-15(17)21-13/h2-7,14H,8-10H2,1H3. The van der Waals surface area contributed by atoms with E-state index >= 15 is 0 Å². The summed E-state index contributed by atoms with van der Waals surface area (Å²) < 4.78 is 11.7. The Kier molecular flexibility index (Phi) is 4.12. The van der Waals surface area contributed by atoms with Gasteiger partial charge in [0.05, 0.1) is 13.2 Å². The number of hydrogen-bond donors (Lipinski definition) is 0.